The van der Waals surface area contributed by atoms with Gasteiger partial charge in [0.1, 0.15) is 5.75 Å². The number of fused-ring (bicyclic) bond motifs is 1. The zero-order chi connectivity index (χ0) is 9.26. The molecule has 15 heavy (non-hydrogen) atoms. The van der Waals surface area contributed by atoms with Crippen molar-refractivity contribution in [3.8, 4) is 5.75 Å². The molecule has 84 valence electrons. The zero-order valence-electron chi connectivity index (χ0n) is 8.26. The molecule has 0 spiro atoms. The van der Waals surface area contributed by atoms with Gasteiger partial charge < -0.3 is 33.7 Å². The molecule has 4 nitrogen and oxygen atoms in total. The first-order valence-electron chi connectivity index (χ1n) is 4.39. The summed E-state index contributed by atoms with van der Waals surface area (Å²) < 4.78 is 0. The van der Waals surface area contributed by atoms with Crippen LogP contribution in [0, 0.1) is 0 Å². The van der Waals surface area contributed by atoms with Gasteiger partial charge in [0.05, 0.1) is 6.54 Å². The lowest BCUT2D eigenvalue weighted by atomic mass is 10.1. The molecular weight excluding hydrogens is 216 g/mol. The second kappa shape index (κ2) is 5.60. The summed E-state index contributed by atoms with van der Waals surface area (Å²) in [5.41, 5.74) is 6.11. The molecule has 1 heterocycles. The number of aromatic hydroxyl groups is 1. The summed E-state index contributed by atoms with van der Waals surface area (Å²) in [6, 6.07) is 5.36. The van der Waals surface area contributed by atoms with Crippen LogP contribution in [0.15, 0.2) is 24.4 Å². The van der Waals surface area contributed by atoms with Crippen LogP contribution in [0.5, 0.6) is 5.75 Å². The number of rotatable bonds is 2. The van der Waals surface area contributed by atoms with Crippen LogP contribution < -0.4 is 18.1 Å². The second-order valence-corrected chi connectivity index (χ2v) is 3.15. The van der Waals surface area contributed by atoms with Gasteiger partial charge in [-0.25, -0.2) is 0 Å². The Labute approximate surface area is 93.8 Å². The van der Waals surface area contributed by atoms with Gasteiger partial charge >= 0.3 is 0 Å². The zero-order valence-corrected chi connectivity index (χ0v) is 9.01. The van der Waals surface area contributed by atoms with Gasteiger partial charge in [0, 0.05) is 23.5 Å². The Morgan fingerprint density at radius 2 is 2.07 bits per heavy atom. The van der Waals surface area contributed by atoms with Crippen molar-refractivity contribution in [1.82, 2.24) is 4.98 Å². The molecule has 0 bridgehead atoms. The highest BCUT2D eigenvalue weighted by Gasteiger charge is 2.03. The minimum atomic E-state index is 0. The fourth-order valence-corrected chi connectivity index (χ4v) is 1.56. The van der Waals surface area contributed by atoms with Gasteiger partial charge in [-0.1, -0.05) is 0 Å². The van der Waals surface area contributed by atoms with Crippen LogP contribution in [0.1, 0.15) is 5.56 Å². The third-order valence-corrected chi connectivity index (χ3v) is 2.20. The molecular formula is C10H15ClN2O2. The number of aromatic nitrogens is 1. The lowest BCUT2D eigenvalue weighted by Crippen LogP contribution is -3.00. The van der Waals surface area contributed by atoms with E-state index in [0.29, 0.717) is 5.75 Å². The summed E-state index contributed by atoms with van der Waals surface area (Å²) in [4.78, 5) is 3.16. The Balaban J connectivity index is 0.000000980. The molecule has 1 aromatic heterocycles. The molecule has 5 heteroatoms. The van der Waals surface area contributed by atoms with E-state index in [9.17, 15) is 5.11 Å². The molecule has 0 unspecified atom stereocenters. The van der Waals surface area contributed by atoms with Crippen LogP contribution in [0.4, 0.5) is 0 Å². The van der Waals surface area contributed by atoms with Gasteiger partial charge in [-0.05, 0) is 23.8 Å². The maximum Gasteiger partial charge on any atom is 0.116 e. The monoisotopic (exact) mass is 230 g/mol. The molecule has 0 amide bonds. The molecule has 0 saturated carbocycles. The van der Waals surface area contributed by atoms with Crippen LogP contribution in [0.2, 0.25) is 0 Å². The minimum absolute atomic E-state index is 0. The summed E-state index contributed by atoms with van der Waals surface area (Å²) in [5, 5.41) is 10.4. The standard InChI is InChI=1S/C10H12N2O.ClH.H2O/c11-4-3-7-6-12-10-2-1-8(13)5-9(7)10;;/h1-2,5-6,12-13H,3-4,11H2;1H;1H2. The lowest BCUT2D eigenvalue weighted by Gasteiger charge is -1.95. The van der Waals surface area contributed by atoms with E-state index < -0.39 is 0 Å². The lowest BCUT2D eigenvalue weighted by molar-refractivity contribution is -0.366. The predicted molar refractivity (Wildman–Crippen MR) is 55.0 cm³/mol. The Kier molecular flexibility index (Phi) is 5.14. The molecule has 0 aliphatic carbocycles. The minimum Gasteiger partial charge on any atom is -1.00 e. The van der Waals surface area contributed by atoms with Crippen molar-refractivity contribution in [2.45, 2.75) is 6.42 Å². The first kappa shape index (κ1) is 13.8. The number of H-pyrrole nitrogens is 1. The van der Waals surface area contributed by atoms with Crippen LogP contribution in [0.3, 0.4) is 0 Å². The van der Waals surface area contributed by atoms with E-state index in [2.05, 4.69) is 10.7 Å². The number of benzene rings is 1. The maximum atomic E-state index is 9.31. The van der Waals surface area contributed by atoms with Crippen molar-refractivity contribution >= 4 is 10.9 Å². The number of hydrogen-bond acceptors (Lipinski definition) is 1. The quantitative estimate of drug-likeness (QED) is 0.499. The highest BCUT2D eigenvalue weighted by Crippen LogP contribution is 2.22. The fourth-order valence-electron chi connectivity index (χ4n) is 1.56. The molecule has 0 fully saturated rings. The molecule has 0 aliphatic heterocycles. The van der Waals surface area contributed by atoms with E-state index in [1.54, 1.807) is 12.1 Å². The molecule has 2 aromatic rings. The van der Waals surface area contributed by atoms with E-state index in [4.69, 9.17) is 0 Å². The van der Waals surface area contributed by atoms with Crippen molar-refractivity contribution < 1.29 is 28.7 Å². The van der Waals surface area contributed by atoms with E-state index in [-0.39, 0.29) is 17.9 Å². The average molecular weight is 231 g/mol. The third kappa shape index (κ3) is 2.62. The van der Waals surface area contributed by atoms with Crippen LogP contribution >= 0.6 is 0 Å². The van der Waals surface area contributed by atoms with E-state index in [1.165, 1.54) is 5.56 Å². The predicted octanol–water partition coefficient (Wildman–Crippen LogP) is -3.16. The summed E-state index contributed by atoms with van der Waals surface area (Å²) in [6.45, 7) is 0.878. The Morgan fingerprint density at radius 3 is 2.73 bits per heavy atom. The average Bonchev–Trinajstić information content (AvgIpc) is 2.49. The molecule has 7 N–H and O–H groups in total. The highest BCUT2D eigenvalue weighted by atomic mass is 35.5. The topological polar surface area (TPSA) is 95.2 Å². The number of aromatic amines is 1. The van der Waals surface area contributed by atoms with Crippen LogP contribution in [-0.2, 0) is 6.42 Å². The Bertz CT molecular complexity index is 428. The van der Waals surface area contributed by atoms with E-state index >= 15 is 0 Å². The van der Waals surface area contributed by atoms with Crippen LogP contribution in [0.25, 0.3) is 10.9 Å². The summed E-state index contributed by atoms with van der Waals surface area (Å²) in [5.74, 6) is 0.317. The SMILES string of the molecule is O.[Cl-].[NH3+]CCc1c[nH]c2ccc(O)cc12. The third-order valence-electron chi connectivity index (χ3n) is 2.20. The van der Waals surface area contributed by atoms with Crippen molar-refractivity contribution in [1.29, 1.82) is 0 Å². The van der Waals surface area contributed by atoms with Gasteiger partial charge in [-0.2, -0.15) is 0 Å². The summed E-state index contributed by atoms with van der Waals surface area (Å²) >= 11 is 0. The number of hydrogen-bond donors (Lipinski definition) is 3. The molecule has 0 saturated heterocycles. The van der Waals surface area contributed by atoms with Crippen LogP contribution in [-0.4, -0.2) is 22.1 Å². The van der Waals surface area contributed by atoms with Gasteiger partial charge in [-0.3, -0.25) is 0 Å². The fraction of sp³-hybridized carbons (Fsp3) is 0.200. The number of phenolic OH excluding ortho intramolecular Hbond substituents is 1. The summed E-state index contributed by atoms with van der Waals surface area (Å²) in [7, 11) is 0. The van der Waals surface area contributed by atoms with Crippen molar-refractivity contribution in [2.75, 3.05) is 6.54 Å². The smallest absolute Gasteiger partial charge is 0.116 e. The Morgan fingerprint density at radius 1 is 1.33 bits per heavy atom. The van der Waals surface area contributed by atoms with Gasteiger partial charge in [0.15, 0.2) is 0 Å². The maximum absolute atomic E-state index is 9.31. The Hall–Kier alpha value is -1.23. The normalized spacial score (nSPS) is 9.40. The first-order valence-corrected chi connectivity index (χ1v) is 4.39. The van der Waals surface area contributed by atoms with Gasteiger partial charge in [-0.15, -0.1) is 0 Å². The number of halogens is 1. The van der Waals surface area contributed by atoms with E-state index in [0.717, 1.165) is 23.9 Å². The molecule has 0 atom stereocenters. The molecule has 1 aromatic carbocycles. The number of phenols is 1. The van der Waals surface area contributed by atoms with Crippen molar-refractivity contribution in [3.05, 3.63) is 30.0 Å². The van der Waals surface area contributed by atoms with Gasteiger partial charge in [0.25, 0.3) is 0 Å². The highest BCUT2D eigenvalue weighted by molar-refractivity contribution is 5.84. The molecule has 0 radical (unpaired) electrons. The van der Waals surface area contributed by atoms with Crippen molar-refractivity contribution in [2.24, 2.45) is 0 Å². The first-order chi connectivity index (χ1) is 6.31. The number of nitrogens with one attached hydrogen (secondary N) is 1. The number of quaternary nitrogens is 1. The second-order valence-electron chi connectivity index (χ2n) is 3.15. The van der Waals surface area contributed by atoms with E-state index in [1.807, 2.05) is 12.3 Å². The van der Waals surface area contributed by atoms with Crippen molar-refractivity contribution in [3.63, 3.8) is 0 Å². The molecule has 2 rings (SSSR count). The summed E-state index contributed by atoms with van der Waals surface area (Å²) in [6.07, 6.45) is 2.93. The largest absolute Gasteiger partial charge is 1.00 e. The molecule has 0 aliphatic rings. The van der Waals surface area contributed by atoms with Gasteiger partial charge in [0.2, 0.25) is 0 Å².